The Labute approximate surface area is 347 Å². The van der Waals surface area contributed by atoms with Crippen LogP contribution in [0.4, 0.5) is 0 Å². The van der Waals surface area contributed by atoms with E-state index in [0.717, 1.165) is 0 Å². The molecule has 0 aromatic heterocycles. The highest BCUT2D eigenvalue weighted by atomic mass is 32.1. The molecule has 0 spiro atoms. The van der Waals surface area contributed by atoms with E-state index in [1.165, 1.54) is 0 Å². The Morgan fingerprint density at radius 3 is 1.29 bits per heavy atom. The lowest BCUT2D eigenvalue weighted by Crippen LogP contribution is -2.57. The summed E-state index contributed by atoms with van der Waals surface area (Å²) in [4.78, 5) is 124. The first kappa shape index (κ1) is 52.9. The Morgan fingerprint density at radius 1 is 0.508 bits per heavy atom. The summed E-state index contributed by atoms with van der Waals surface area (Å²) < 4.78 is 0. The minimum atomic E-state index is -1.77. The van der Waals surface area contributed by atoms with Crippen LogP contribution in [0, 0.1) is 10.8 Å². The van der Waals surface area contributed by atoms with E-state index in [4.69, 9.17) is 33.1 Å². The molecule has 7 amide bonds. The molecule has 0 aliphatic rings. The molecule has 0 bridgehead atoms. The lowest BCUT2D eigenvalue weighted by atomic mass is 10.1. The third-order valence-electron chi connectivity index (χ3n) is 7.47. The molecule has 0 aliphatic carbocycles. The van der Waals surface area contributed by atoms with E-state index in [1.807, 2.05) is 5.32 Å². The number of nitrogens with two attached hydrogens (primary N) is 3. The number of hydrogen-bond donors (Lipinski definition) is 19. The summed E-state index contributed by atoms with van der Waals surface area (Å²) in [6, 6.07) is -8.96. The number of nitrogens with one attached hydrogen (secondary N) is 11. The number of aliphatic carboxylic acids is 3. The van der Waals surface area contributed by atoms with E-state index in [2.05, 4.69) is 67.8 Å². The Balaban J connectivity index is 6.02. The van der Waals surface area contributed by atoms with Crippen LogP contribution in [0.25, 0.3) is 0 Å². The molecule has 0 aromatic rings. The summed E-state index contributed by atoms with van der Waals surface area (Å²) in [7, 11) is 0. The van der Waals surface area contributed by atoms with Gasteiger partial charge in [0.05, 0.1) is 32.0 Å². The molecular formula is C30H52N14O13S2. The van der Waals surface area contributed by atoms with Crippen molar-refractivity contribution in [3.8, 4) is 0 Å². The molecule has 0 unspecified atom stereocenters. The maximum atomic E-state index is 13.6. The fourth-order valence-electron chi connectivity index (χ4n) is 4.53. The van der Waals surface area contributed by atoms with E-state index in [1.54, 1.807) is 0 Å². The molecule has 0 fully saturated rings. The third kappa shape index (κ3) is 23.7. The van der Waals surface area contributed by atoms with Crippen LogP contribution >= 0.6 is 25.3 Å². The molecule has 0 rings (SSSR count). The number of rotatable bonds is 29. The number of guanidine groups is 2. The first-order valence-corrected chi connectivity index (χ1v) is 18.7. The zero-order valence-corrected chi connectivity index (χ0v) is 33.3. The van der Waals surface area contributed by atoms with Gasteiger partial charge in [0.1, 0.15) is 30.2 Å². The van der Waals surface area contributed by atoms with Crippen LogP contribution in [-0.4, -0.2) is 160 Å². The molecule has 0 radical (unpaired) electrons. The minimum absolute atomic E-state index is 0.0472. The van der Waals surface area contributed by atoms with E-state index in [0.29, 0.717) is 0 Å². The Kier molecular flexibility index (Phi) is 25.4. The largest absolute Gasteiger partial charge is 0.481 e. The smallest absolute Gasteiger partial charge is 0.327 e. The molecule has 0 aromatic carbocycles. The lowest BCUT2D eigenvalue weighted by molar-refractivity contribution is -0.143. The molecule has 0 saturated carbocycles. The normalized spacial score (nSPS) is 13.5. The average molecular weight is 881 g/mol. The maximum absolute atomic E-state index is 13.6. The number of carboxylic acid groups (broad SMARTS) is 3. The number of amides is 7. The molecule has 6 atom stereocenters. The van der Waals surface area contributed by atoms with Crippen LogP contribution in [0.15, 0.2) is 0 Å². The number of thiol groups is 2. The summed E-state index contributed by atoms with van der Waals surface area (Å²) in [5.41, 5.74) is 16.1. The van der Waals surface area contributed by atoms with Crippen molar-refractivity contribution in [3.63, 3.8) is 0 Å². The van der Waals surface area contributed by atoms with Crippen molar-refractivity contribution < 1.29 is 63.3 Å². The van der Waals surface area contributed by atoms with E-state index >= 15 is 0 Å². The number of hydrogen-bond acceptors (Lipinski definition) is 15. The van der Waals surface area contributed by atoms with Crippen LogP contribution < -0.4 is 65.1 Å². The lowest BCUT2D eigenvalue weighted by Gasteiger charge is -2.24. The molecule has 332 valence electrons. The fraction of sp³-hybridized carbons (Fsp3) is 0.600. The van der Waals surface area contributed by atoms with Crippen LogP contribution in [0.5, 0.6) is 0 Å². The first-order chi connectivity index (χ1) is 27.6. The van der Waals surface area contributed by atoms with Gasteiger partial charge in [0.25, 0.3) is 0 Å². The summed E-state index contributed by atoms with van der Waals surface area (Å²) in [5.74, 6) is -12.9. The predicted octanol–water partition coefficient (Wildman–Crippen LogP) is -7.61. The summed E-state index contributed by atoms with van der Waals surface area (Å²) in [6.45, 7) is -1.58. The maximum Gasteiger partial charge on any atom is 0.327 e. The summed E-state index contributed by atoms with van der Waals surface area (Å²) in [6.07, 6.45) is -1.93. The standard InChI is InChI=1S/C30H52N14O13S2/c31-13(11-58)23(51)43-16(7-21(47)48)25(53)39-9-19(45)40-15(4-2-6-37-30(34)35)26(54)42-14(3-1-5-36-29(32)33)24(52)38-10-20(46)41-17(8-22(49)50)27(55)44-18(12-59)28(56)57/h13-18,58-59H,1-12,31H2,(H,38,52)(H,39,53)(H,40,45)(H,41,46)(H,42,54)(H,43,51)(H,44,55)(H,47,48)(H,49,50)(H,56,57)(H4,32,33,36)(H4,34,35,37)/t13-,14-,15-,16-,17-,18-/m0/s1. The monoisotopic (exact) mass is 880 g/mol. The Morgan fingerprint density at radius 2 is 0.881 bits per heavy atom. The van der Waals surface area contributed by atoms with Crippen molar-refractivity contribution in [3.05, 3.63) is 0 Å². The van der Waals surface area contributed by atoms with Crippen molar-refractivity contribution in [2.75, 3.05) is 37.7 Å². The SMILES string of the molecule is N=C(N)NCCC[C@H](NC(=O)CNC(=O)[C@H](CC(=O)O)NC(=O)[C@@H](N)CS)C(=O)N[C@@H](CCCNC(=N)N)C(=O)NCC(=O)N[C@@H](CC(=O)O)C(=O)N[C@@H](CS)C(=O)O. The topological polar surface area (TPSA) is 465 Å². The zero-order valence-electron chi connectivity index (χ0n) is 31.5. The quantitative estimate of drug-likeness (QED) is 0.0144. The fourth-order valence-corrected chi connectivity index (χ4v) is 4.94. The van der Waals surface area contributed by atoms with E-state index < -0.39 is 133 Å². The first-order valence-electron chi connectivity index (χ1n) is 17.5. The predicted molar refractivity (Wildman–Crippen MR) is 212 cm³/mol. The van der Waals surface area contributed by atoms with Crippen LogP contribution in [0.3, 0.4) is 0 Å². The van der Waals surface area contributed by atoms with Crippen LogP contribution in [-0.2, 0) is 47.9 Å². The second-order valence-corrected chi connectivity index (χ2v) is 13.1. The number of carbonyl (C=O) groups excluding carboxylic acids is 7. The van der Waals surface area contributed by atoms with E-state index in [9.17, 15) is 58.2 Å². The second-order valence-electron chi connectivity index (χ2n) is 12.3. The highest BCUT2D eigenvalue weighted by Crippen LogP contribution is 2.04. The molecule has 0 aliphatic heterocycles. The molecular weight excluding hydrogens is 829 g/mol. The second kappa shape index (κ2) is 28.3. The number of carbonyl (C=O) groups is 10. The van der Waals surface area contributed by atoms with Gasteiger partial charge in [-0.25, -0.2) is 4.79 Å². The highest BCUT2D eigenvalue weighted by molar-refractivity contribution is 7.80. The van der Waals surface area contributed by atoms with Gasteiger partial charge in [-0.1, -0.05) is 0 Å². The van der Waals surface area contributed by atoms with Crippen molar-refractivity contribution in [2.45, 2.75) is 74.8 Å². The summed E-state index contributed by atoms with van der Waals surface area (Å²) >= 11 is 7.67. The third-order valence-corrected chi connectivity index (χ3v) is 8.23. The van der Waals surface area contributed by atoms with Gasteiger partial charge in [0.15, 0.2) is 11.9 Å². The van der Waals surface area contributed by atoms with Gasteiger partial charge < -0.3 is 80.4 Å². The molecule has 27 nitrogen and oxygen atoms in total. The molecule has 0 saturated heterocycles. The van der Waals surface area contributed by atoms with Crippen molar-refractivity contribution in [1.29, 1.82) is 10.8 Å². The van der Waals surface area contributed by atoms with Crippen molar-refractivity contribution in [2.24, 2.45) is 17.2 Å². The van der Waals surface area contributed by atoms with Gasteiger partial charge in [-0.15, -0.1) is 0 Å². The summed E-state index contributed by atoms with van der Waals surface area (Å²) in [5, 5.41) is 62.6. The van der Waals surface area contributed by atoms with Crippen molar-refractivity contribution >= 4 is 96.4 Å². The zero-order chi connectivity index (χ0) is 45.2. The van der Waals surface area contributed by atoms with Gasteiger partial charge in [0, 0.05) is 24.6 Å². The Hall–Kier alpha value is -6.10. The Bertz CT molecular complexity index is 1560. The van der Waals surface area contributed by atoms with Crippen LogP contribution in [0.2, 0.25) is 0 Å². The van der Waals surface area contributed by atoms with Gasteiger partial charge in [-0.2, -0.15) is 25.3 Å². The van der Waals surface area contributed by atoms with Gasteiger partial charge >= 0.3 is 17.9 Å². The molecule has 0 heterocycles. The molecule has 29 heteroatoms. The van der Waals surface area contributed by atoms with Crippen LogP contribution in [0.1, 0.15) is 38.5 Å². The van der Waals surface area contributed by atoms with Gasteiger partial charge in [0.2, 0.25) is 41.4 Å². The van der Waals surface area contributed by atoms with E-state index in [-0.39, 0.29) is 50.3 Å². The van der Waals surface area contributed by atoms with Gasteiger partial charge in [-0.3, -0.25) is 54.0 Å². The minimum Gasteiger partial charge on any atom is -0.481 e. The molecule has 20 N–H and O–H groups in total. The van der Waals surface area contributed by atoms with Crippen molar-refractivity contribution in [1.82, 2.24) is 47.9 Å². The van der Waals surface area contributed by atoms with Gasteiger partial charge in [-0.05, 0) is 25.7 Å². The average Bonchev–Trinajstić information content (AvgIpc) is 3.15. The highest BCUT2D eigenvalue weighted by Gasteiger charge is 2.31. The molecule has 59 heavy (non-hydrogen) atoms. The number of carboxylic acids is 3.